The van der Waals surface area contributed by atoms with Crippen LogP contribution in [-0.2, 0) is 9.53 Å². The molecule has 2 fully saturated rings. The summed E-state index contributed by atoms with van der Waals surface area (Å²) in [5, 5.41) is 15.3. The zero-order valence-corrected chi connectivity index (χ0v) is 19.4. The molecule has 3 N–H and O–H groups in total. The number of nitrogens with one attached hydrogen (secondary N) is 2. The van der Waals surface area contributed by atoms with Crippen LogP contribution in [0.15, 0.2) is 24.3 Å². The molecule has 2 amide bonds. The van der Waals surface area contributed by atoms with Gasteiger partial charge in [-0.15, -0.1) is 0 Å². The summed E-state index contributed by atoms with van der Waals surface area (Å²) in [6.45, 7) is 2.53. The van der Waals surface area contributed by atoms with E-state index in [2.05, 4.69) is 10.6 Å². The molecule has 33 heavy (non-hydrogen) atoms. The van der Waals surface area contributed by atoms with Crippen molar-refractivity contribution in [3.63, 3.8) is 0 Å². The molecule has 0 aromatic heterocycles. The number of carboxylic acids is 1. The van der Waals surface area contributed by atoms with E-state index in [4.69, 9.17) is 9.47 Å². The summed E-state index contributed by atoms with van der Waals surface area (Å²) in [4.78, 5) is 35.5. The van der Waals surface area contributed by atoms with Gasteiger partial charge in [-0.2, -0.15) is 0 Å². The van der Waals surface area contributed by atoms with Gasteiger partial charge in [-0.25, -0.2) is 9.59 Å². The molecular formula is C25H36N2O6. The van der Waals surface area contributed by atoms with Crippen molar-refractivity contribution in [2.45, 2.75) is 83.3 Å². The van der Waals surface area contributed by atoms with Crippen LogP contribution < -0.4 is 15.4 Å². The maximum Gasteiger partial charge on any atom is 0.338 e. The van der Waals surface area contributed by atoms with Gasteiger partial charge in [0.15, 0.2) is 0 Å². The number of urea groups is 1. The van der Waals surface area contributed by atoms with E-state index >= 15 is 0 Å². The number of aliphatic carboxylic acids is 1. The van der Waals surface area contributed by atoms with E-state index in [1.54, 1.807) is 31.2 Å². The van der Waals surface area contributed by atoms with Crippen molar-refractivity contribution in [2.24, 2.45) is 5.41 Å². The van der Waals surface area contributed by atoms with E-state index in [-0.39, 0.29) is 36.0 Å². The predicted molar refractivity (Wildman–Crippen MR) is 123 cm³/mol. The number of ether oxygens (including phenoxy) is 2. The standard InChI is InChI=1S/C25H36N2O6/c1-2-32-23(30)18-6-10-20(11-7-18)33-21-12-8-19(9-13-21)27-24(31)26-17-25(16-22(28)29)14-4-3-5-15-25/h6-7,10-11,19,21H,2-5,8-9,12-17H2,1H3,(H,28,29)(H2,26,27,31). The third kappa shape index (κ3) is 7.65. The van der Waals surface area contributed by atoms with Crippen molar-refractivity contribution < 1.29 is 29.0 Å². The van der Waals surface area contributed by atoms with Gasteiger partial charge < -0.3 is 25.2 Å². The number of benzene rings is 1. The Bertz CT molecular complexity index is 796. The molecule has 8 nitrogen and oxygen atoms in total. The molecular weight excluding hydrogens is 424 g/mol. The second-order valence-electron chi connectivity index (χ2n) is 9.29. The van der Waals surface area contributed by atoms with E-state index < -0.39 is 5.97 Å². The molecule has 0 bridgehead atoms. The van der Waals surface area contributed by atoms with Crippen LogP contribution in [0.1, 0.15) is 81.5 Å². The summed E-state index contributed by atoms with van der Waals surface area (Å²) >= 11 is 0. The molecule has 182 valence electrons. The van der Waals surface area contributed by atoms with Crippen LogP contribution in [0, 0.1) is 5.41 Å². The van der Waals surface area contributed by atoms with Gasteiger partial charge in [-0.05, 0) is 75.1 Å². The van der Waals surface area contributed by atoms with Crippen molar-refractivity contribution in [2.75, 3.05) is 13.2 Å². The van der Waals surface area contributed by atoms with Gasteiger partial charge in [0, 0.05) is 12.6 Å². The quantitative estimate of drug-likeness (QED) is 0.474. The highest BCUT2D eigenvalue weighted by Crippen LogP contribution is 2.38. The van der Waals surface area contributed by atoms with Crippen molar-refractivity contribution in [3.8, 4) is 5.75 Å². The molecule has 2 aliphatic carbocycles. The van der Waals surface area contributed by atoms with Gasteiger partial charge in [-0.1, -0.05) is 19.3 Å². The lowest BCUT2D eigenvalue weighted by molar-refractivity contribution is -0.140. The van der Waals surface area contributed by atoms with Crippen LogP contribution >= 0.6 is 0 Å². The second-order valence-corrected chi connectivity index (χ2v) is 9.29. The lowest BCUT2D eigenvalue weighted by Gasteiger charge is -2.36. The van der Waals surface area contributed by atoms with E-state index in [1.807, 2.05) is 0 Å². The lowest BCUT2D eigenvalue weighted by Crippen LogP contribution is -2.48. The van der Waals surface area contributed by atoms with Crippen LogP contribution in [0.25, 0.3) is 0 Å². The normalized spacial score (nSPS) is 22.1. The summed E-state index contributed by atoms with van der Waals surface area (Å²) in [7, 11) is 0. The molecule has 2 saturated carbocycles. The van der Waals surface area contributed by atoms with Gasteiger partial charge >= 0.3 is 18.0 Å². The fourth-order valence-corrected chi connectivity index (χ4v) is 4.94. The highest BCUT2D eigenvalue weighted by atomic mass is 16.5. The molecule has 8 heteroatoms. The molecule has 2 aliphatic rings. The van der Waals surface area contributed by atoms with E-state index in [0.717, 1.165) is 57.8 Å². The summed E-state index contributed by atoms with van der Waals surface area (Å²) in [6.07, 6.45) is 8.34. The average Bonchev–Trinajstić information content (AvgIpc) is 2.80. The second kappa shape index (κ2) is 11.9. The molecule has 1 aromatic rings. The molecule has 0 saturated heterocycles. The Hall–Kier alpha value is -2.77. The Balaban J connectivity index is 1.39. The third-order valence-electron chi connectivity index (χ3n) is 6.74. The summed E-state index contributed by atoms with van der Waals surface area (Å²) < 4.78 is 11.0. The first-order valence-corrected chi connectivity index (χ1v) is 12.1. The minimum Gasteiger partial charge on any atom is -0.490 e. The number of carbonyl (C=O) groups is 3. The number of carbonyl (C=O) groups excluding carboxylic acids is 2. The highest BCUT2D eigenvalue weighted by molar-refractivity contribution is 5.89. The van der Waals surface area contributed by atoms with Gasteiger partial charge in [-0.3, -0.25) is 4.79 Å². The summed E-state index contributed by atoms with van der Waals surface area (Å²) in [6, 6.07) is 6.83. The molecule has 3 rings (SSSR count). The van der Waals surface area contributed by atoms with Crippen molar-refractivity contribution >= 4 is 18.0 Å². The van der Waals surface area contributed by atoms with Gasteiger partial charge in [0.25, 0.3) is 0 Å². The number of amides is 2. The maximum atomic E-state index is 12.4. The Morgan fingerprint density at radius 3 is 2.30 bits per heavy atom. The SMILES string of the molecule is CCOC(=O)c1ccc(OC2CCC(NC(=O)NCC3(CC(=O)O)CCCCC3)CC2)cc1. The molecule has 0 aliphatic heterocycles. The Morgan fingerprint density at radius 1 is 1.03 bits per heavy atom. The first kappa shape index (κ1) is 24.9. The summed E-state index contributed by atoms with van der Waals surface area (Å²) in [5.74, 6) is -0.423. The molecule has 0 spiro atoms. The minimum atomic E-state index is -0.798. The Labute approximate surface area is 195 Å². The zero-order chi connectivity index (χ0) is 23.7. The lowest BCUT2D eigenvalue weighted by atomic mass is 9.72. The topological polar surface area (TPSA) is 114 Å². The van der Waals surface area contributed by atoms with Crippen molar-refractivity contribution in [1.29, 1.82) is 0 Å². The molecule has 0 atom stereocenters. The number of rotatable bonds is 9. The molecule has 0 heterocycles. The smallest absolute Gasteiger partial charge is 0.338 e. The van der Waals surface area contributed by atoms with Gasteiger partial charge in [0.1, 0.15) is 5.75 Å². The van der Waals surface area contributed by atoms with E-state index in [1.165, 1.54) is 0 Å². The van der Waals surface area contributed by atoms with E-state index in [9.17, 15) is 19.5 Å². The fraction of sp³-hybridized carbons (Fsp3) is 0.640. The van der Waals surface area contributed by atoms with Gasteiger partial charge in [0.2, 0.25) is 0 Å². The largest absolute Gasteiger partial charge is 0.490 e. The number of esters is 1. The maximum absolute atomic E-state index is 12.4. The Morgan fingerprint density at radius 2 is 1.70 bits per heavy atom. The third-order valence-corrected chi connectivity index (χ3v) is 6.74. The van der Waals surface area contributed by atoms with Crippen LogP contribution in [-0.4, -0.2) is 48.4 Å². The van der Waals surface area contributed by atoms with Crippen LogP contribution in [0.3, 0.4) is 0 Å². The Kier molecular flexibility index (Phi) is 8.97. The average molecular weight is 461 g/mol. The van der Waals surface area contributed by atoms with Crippen LogP contribution in [0.4, 0.5) is 4.79 Å². The van der Waals surface area contributed by atoms with Crippen molar-refractivity contribution in [1.82, 2.24) is 10.6 Å². The van der Waals surface area contributed by atoms with Gasteiger partial charge in [0.05, 0.1) is 24.7 Å². The predicted octanol–water partition coefficient (Wildman–Crippen LogP) is 4.28. The van der Waals surface area contributed by atoms with Crippen LogP contribution in [0.5, 0.6) is 5.75 Å². The monoisotopic (exact) mass is 460 g/mol. The zero-order valence-electron chi connectivity index (χ0n) is 19.4. The van der Waals surface area contributed by atoms with Crippen molar-refractivity contribution in [3.05, 3.63) is 29.8 Å². The molecule has 1 aromatic carbocycles. The number of carboxylic acid groups (broad SMARTS) is 1. The number of hydrogen-bond acceptors (Lipinski definition) is 5. The first-order valence-electron chi connectivity index (χ1n) is 12.1. The minimum absolute atomic E-state index is 0.0700. The van der Waals surface area contributed by atoms with Crippen LogP contribution in [0.2, 0.25) is 0 Å². The summed E-state index contributed by atoms with van der Waals surface area (Å²) in [5.41, 5.74) is 0.178. The first-order chi connectivity index (χ1) is 15.9. The number of hydrogen-bond donors (Lipinski definition) is 3. The molecule has 0 unspecified atom stereocenters. The molecule has 0 radical (unpaired) electrons. The van der Waals surface area contributed by atoms with E-state index in [0.29, 0.717) is 24.5 Å². The highest BCUT2D eigenvalue weighted by Gasteiger charge is 2.35. The fourth-order valence-electron chi connectivity index (χ4n) is 4.94.